The van der Waals surface area contributed by atoms with Gasteiger partial charge in [0.15, 0.2) is 5.78 Å². The Hall–Kier alpha value is -1.06. The van der Waals surface area contributed by atoms with Crippen molar-refractivity contribution < 1.29 is 14.3 Å². The smallest absolute Gasteiger partial charge is 0.305 e. The van der Waals surface area contributed by atoms with Gasteiger partial charge in [0.25, 0.3) is 0 Å². The zero-order valence-corrected chi connectivity index (χ0v) is 10.8. The van der Waals surface area contributed by atoms with Gasteiger partial charge in [-0.3, -0.25) is 9.59 Å². The summed E-state index contributed by atoms with van der Waals surface area (Å²) in [4.78, 5) is 22.7. The summed E-state index contributed by atoms with van der Waals surface area (Å²) in [5.41, 5.74) is 0.393. The molecular weight excluding hydrogens is 263 g/mol. The van der Waals surface area contributed by atoms with E-state index in [0.717, 1.165) is 0 Å². The van der Waals surface area contributed by atoms with Crippen molar-refractivity contribution in [2.75, 3.05) is 7.11 Å². The third-order valence-corrected chi connectivity index (χ3v) is 3.08. The molecule has 0 aromatic heterocycles. The van der Waals surface area contributed by atoms with E-state index >= 15 is 0 Å². The van der Waals surface area contributed by atoms with E-state index in [2.05, 4.69) is 4.74 Å². The van der Waals surface area contributed by atoms with E-state index in [1.54, 1.807) is 18.2 Å². The highest BCUT2D eigenvalue weighted by Crippen LogP contribution is 2.26. The highest BCUT2D eigenvalue weighted by Gasteiger charge is 2.13. The van der Waals surface area contributed by atoms with Crippen LogP contribution in [0.15, 0.2) is 18.2 Å². The zero-order chi connectivity index (χ0) is 12.8. The van der Waals surface area contributed by atoms with Crippen LogP contribution in [0.25, 0.3) is 0 Å². The number of Topliss-reactive ketones (excluding diaryl/α,β-unsaturated/α-hetero) is 1. The van der Waals surface area contributed by atoms with Gasteiger partial charge in [0.05, 0.1) is 17.2 Å². The molecule has 0 N–H and O–H groups in total. The fraction of sp³-hybridized carbons (Fsp3) is 0.333. The van der Waals surface area contributed by atoms with Crippen molar-refractivity contribution in [3.8, 4) is 0 Å². The van der Waals surface area contributed by atoms with Crippen molar-refractivity contribution >= 4 is 35.0 Å². The summed E-state index contributed by atoms with van der Waals surface area (Å²) in [7, 11) is 1.32. The quantitative estimate of drug-likeness (QED) is 0.610. The van der Waals surface area contributed by atoms with E-state index in [4.69, 9.17) is 23.2 Å². The van der Waals surface area contributed by atoms with Crippen LogP contribution in [0.2, 0.25) is 10.0 Å². The second-order valence-electron chi connectivity index (χ2n) is 3.45. The number of esters is 1. The van der Waals surface area contributed by atoms with Crippen LogP contribution in [0.4, 0.5) is 0 Å². The molecule has 0 bridgehead atoms. The fourth-order valence-electron chi connectivity index (χ4n) is 1.35. The van der Waals surface area contributed by atoms with Gasteiger partial charge >= 0.3 is 5.97 Å². The lowest BCUT2D eigenvalue weighted by Crippen LogP contribution is -2.04. The minimum atomic E-state index is -0.324. The topological polar surface area (TPSA) is 43.4 Å². The third-order valence-electron chi connectivity index (χ3n) is 2.26. The Balaban J connectivity index is 2.59. The number of halogens is 2. The Labute approximate surface area is 110 Å². The zero-order valence-electron chi connectivity index (χ0n) is 9.33. The molecule has 1 aromatic rings. The molecule has 17 heavy (non-hydrogen) atoms. The van der Waals surface area contributed by atoms with E-state index in [-0.39, 0.29) is 29.6 Å². The molecule has 0 fully saturated rings. The molecule has 0 heterocycles. The maximum absolute atomic E-state index is 11.8. The number of benzene rings is 1. The van der Waals surface area contributed by atoms with Crippen molar-refractivity contribution in [1.82, 2.24) is 0 Å². The van der Waals surface area contributed by atoms with Crippen LogP contribution in [0.3, 0.4) is 0 Å². The van der Waals surface area contributed by atoms with Gasteiger partial charge in [-0.1, -0.05) is 29.3 Å². The largest absolute Gasteiger partial charge is 0.469 e. The third kappa shape index (κ3) is 4.02. The number of hydrogen-bond acceptors (Lipinski definition) is 3. The molecule has 0 saturated carbocycles. The number of rotatable bonds is 5. The first kappa shape index (κ1) is 14.0. The Morgan fingerprint density at radius 1 is 1.24 bits per heavy atom. The highest BCUT2D eigenvalue weighted by atomic mass is 35.5. The average Bonchev–Trinajstić information content (AvgIpc) is 2.32. The molecule has 0 aliphatic heterocycles. The van der Waals surface area contributed by atoms with Gasteiger partial charge in [0.1, 0.15) is 0 Å². The first-order chi connectivity index (χ1) is 8.06. The van der Waals surface area contributed by atoms with Crippen LogP contribution in [0, 0.1) is 0 Å². The monoisotopic (exact) mass is 274 g/mol. The lowest BCUT2D eigenvalue weighted by atomic mass is 10.1. The molecule has 0 aliphatic rings. The molecule has 0 unspecified atom stereocenters. The molecule has 0 atom stereocenters. The van der Waals surface area contributed by atoms with Gasteiger partial charge in [0.2, 0.25) is 0 Å². The number of ether oxygens (including phenoxy) is 1. The van der Waals surface area contributed by atoms with Crippen LogP contribution in [-0.4, -0.2) is 18.9 Å². The summed E-state index contributed by atoms with van der Waals surface area (Å²) in [6, 6.07) is 4.91. The van der Waals surface area contributed by atoms with Crippen molar-refractivity contribution in [2.45, 2.75) is 19.3 Å². The second-order valence-corrected chi connectivity index (χ2v) is 4.24. The summed E-state index contributed by atoms with van der Waals surface area (Å²) >= 11 is 11.7. The molecule has 1 aromatic carbocycles. The minimum absolute atomic E-state index is 0.124. The standard InChI is InChI=1S/C12H12Cl2O3/c1-17-11(16)7-3-6-10(15)8-4-2-5-9(13)12(8)14/h2,4-5H,3,6-7H2,1H3. The molecule has 1 rings (SSSR count). The first-order valence-electron chi connectivity index (χ1n) is 5.10. The average molecular weight is 275 g/mol. The normalized spacial score (nSPS) is 10.1. The molecule has 0 spiro atoms. The Morgan fingerprint density at radius 2 is 1.94 bits per heavy atom. The van der Waals surface area contributed by atoms with E-state index in [9.17, 15) is 9.59 Å². The van der Waals surface area contributed by atoms with Gasteiger partial charge < -0.3 is 4.74 Å². The van der Waals surface area contributed by atoms with Crippen molar-refractivity contribution in [3.63, 3.8) is 0 Å². The SMILES string of the molecule is COC(=O)CCCC(=O)c1cccc(Cl)c1Cl. The predicted molar refractivity (Wildman–Crippen MR) is 66.7 cm³/mol. The maximum Gasteiger partial charge on any atom is 0.305 e. The Kier molecular flexibility index (Phi) is 5.45. The highest BCUT2D eigenvalue weighted by molar-refractivity contribution is 6.43. The van der Waals surface area contributed by atoms with Gasteiger partial charge in [0, 0.05) is 18.4 Å². The first-order valence-corrected chi connectivity index (χ1v) is 5.86. The lowest BCUT2D eigenvalue weighted by molar-refractivity contribution is -0.140. The van der Waals surface area contributed by atoms with Crippen LogP contribution < -0.4 is 0 Å². The van der Waals surface area contributed by atoms with Gasteiger partial charge in [-0.2, -0.15) is 0 Å². The van der Waals surface area contributed by atoms with E-state index < -0.39 is 0 Å². The van der Waals surface area contributed by atoms with E-state index in [1.807, 2.05) is 0 Å². The molecule has 0 saturated heterocycles. The molecule has 92 valence electrons. The molecular formula is C12H12Cl2O3. The number of carbonyl (C=O) groups is 2. The van der Waals surface area contributed by atoms with Crippen LogP contribution in [-0.2, 0) is 9.53 Å². The molecule has 3 nitrogen and oxygen atoms in total. The maximum atomic E-state index is 11.8. The van der Waals surface area contributed by atoms with Crippen LogP contribution in [0.1, 0.15) is 29.6 Å². The van der Waals surface area contributed by atoms with Gasteiger partial charge in [-0.15, -0.1) is 0 Å². The number of ketones is 1. The number of methoxy groups -OCH3 is 1. The predicted octanol–water partition coefficient (Wildman–Crippen LogP) is 3.52. The van der Waals surface area contributed by atoms with Gasteiger partial charge in [-0.05, 0) is 18.6 Å². The number of carbonyl (C=O) groups excluding carboxylic acids is 2. The molecule has 5 heteroatoms. The van der Waals surface area contributed by atoms with E-state index in [1.165, 1.54) is 7.11 Å². The molecule has 0 aliphatic carbocycles. The van der Waals surface area contributed by atoms with Crippen molar-refractivity contribution in [2.24, 2.45) is 0 Å². The fourth-order valence-corrected chi connectivity index (χ4v) is 1.76. The Bertz CT molecular complexity index is 430. The summed E-state index contributed by atoms with van der Waals surface area (Å²) in [5.74, 6) is -0.448. The summed E-state index contributed by atoms with van der Waals surface area (Å²) in [6.07, 6.45) is 0.907. The Morgan fingerprint density at radius 3 is 2.59 bits per heavy atom. The summed E-state index contributed by atoms with van der Waals surface area (Å²) in [5, 5.41) is 0.614. The minimum Gasteiger partial charge on any atom is -0.469 e. The summed E-state index contributed by atoms with van der Waals surface area (Å²) in [6.45, 7) is 0. The molecule has 0 radical (unpaired) electrons. The molecule has 0 amide bonds. The number of hydrogen-bond donors (Lipinski definition) is 0. The van der Waals surface area contributed by atoms with Gasteiger partial charge in [-0.25, -0.2) is 0 Å². The van der Waals surface area contributed by atoms with Crippen molar-refractivity contribution in [1.29, 1.82) is 0 Å². The van der Waals surface area contributed by atoms with Crippen LogP contribution >= 0.6 is 23.2 Å². The van der Waals surface area contributed by atoms with E-state index in [0.29, 0.717) is 17.0 Å². The van der Waals surface area contributed by atoms with Crippen molar-refractivity contribution in [3.05, 3.63) is 33.8 Å². The lowest BCUT2D eigenvalue weighted by Gasteiger charge is -2.04. The van der Waals surface area contributed by atoms with Crippen LogP contribution in [0.5, 0.6) is 0 Å². The summed E-state index contributed by atoms with van der Waals surface area (Å²) < 4.78 is 4.48. The second kappa shape index (κ2) is 6.62.